The topological polar surface area (TPSA) is 74.2 Å². The summed E-state index contributed by atoms with van der Waals surface area (Å²) >= 11 is 0. The smallest absolute Gasteiger partial charge is 0.379 e. The van der Waals surface area contributed by atoms with Crippen LogP contribution in [0.25, 0.3) is 0 Å². The maximum atomic E-state index is 12.5. The highest BCUT2D eigenvalue weighted by atomic mass is 31.2. The minimum Gasteiger partial charge on any atom is -0.379 e. The third-order valence-corrected chi connectivity index (χ3v) is 10.4. The van der Waals surface area contributed by atoms with Crippen LogP contribution in [0.15, 0.2) is 0 Å². The zero-order valence-corrected chi connectivity index (χ0v) is 34.6. The molecule has 0 aliphatic heterocycles. The summed E-state index contributed by atoms with van der Waals surface area (Å²) in [6, 6.07) is 0. The van der Waals surface area contributed by atoms with Crippen molar-refractivity contribution in [3.8, 4) is 0 Å². The van der Waals surface area contributed by atoms with E-state index in [0.29, 0.717) is 26.2 Å². The highest BCUT2D eigenvalue weighted by Crippen LogP contribution is 2.43. The molecule has 1 N–H and O–H groups in total. The van der Waals surface area contributed by atoms with Gasteiger partial charge in [0.05, 0.1) is 47.5 Å². The van der Waals surface area contributed by atoms with Gasteiger partial charge in [-0.2, -0.15) is 0 Å². The number of hydrogen-bond donors (Lipinski definition) is 1. The molecule has 49 heavy (non-hydrogen) atoms. The van der Waals surface area contributed by atoms with Crippen molar-refractivity contribution in [3.63, 3.8) is 0 Å². The molecule has 0 spiro atoms. The Labute approximate surface area is 306 Å². The van der Waals surface area contributed by atoms with Crippen LogP contribution in [0.1, 0.15) is 200 Å². The molecule has 0 radical (unpaired) electrons. The Hall–Kier alpha value is -0.0100. The second-order valence-corrected chi connectivity index (χ2v) is 17.2. The zero-order valence-electron chi connectivity index (χ0n) is 33.7. The Morgan fingerprint density at radius 1 is 0.469 bits per heavy atom. The molecule has 0 bridgehead atoms. The van der Waals surface area contributed by atoms with Crippen molar-refractivity contribution in [3.05, 3.63) is 0 Å². The quantitative estimate of drug-likeness (QED) is 0.0385. The first-order valence-electron chi connectivity index (χ1n) is 21.3. The van der Waals surface area contributed by atoms with Crippen LogP contribution in [0.5, 0.6) is 0 Å². The SMILES string of the molecule is CCCCCCCCCCCCCCCCOCC(COP(=O)(O)OCCC[N+](C)(C)C)OCCCCCCCCCCCCCCCC. The minimum atomic E-state index is -4.12. The van der Waals surface area contributed by atoms with Gasteiger partial charge in [0.15, 0.2) is 0 Å². The highest BCUT2D eigenvalue weighted by molar-refractivity contribution is 7.47. The molecule has 2 unspecified atom stereocenters. The number of quaternary nitrogens is 1. The third kappa shape index (κ3) is 40.6. The lowest BCUT2D eigenvalue weighted by Crippen LogP contribution is -2.35. The molecule has 0 aromatic rings. The molecular weight excluding hydrogens is 633 g/mol. The van der Waals surface area contributed by atoms with Crippen molar-refractivity contribution < 1.29 is 32.5 Å². The summed E-state index contributed by atoms with van der Waals surface area (Å²) in [4.78, 5) is 10.2. The van der Waals surface area contributed by atoms with E-state index in [1.165, 1.54) is 161 Å². The van der Waals surface area contributed by atoms with Crippen LogP contribution in [-0.2, 0) is 23.1 Å². The number of phosphoric acid groups is 1. The van der Waals surface area contributed by atoms with Gasteiger partial charge in [0.25, 0.3) is 0 Å². The van der Waals surface area contributed by atoms with Gasteiger partial charge in [-0.1, -0.05) is 181 Å². The van der Waals surface area contributed by atoms with Gasteiger partial charge in [-0.3, -0.25) is 9.05 Å². The highest BCUT2D eigenvalue weighted by Gasteiger charge is 2.24. The van der Waals surface area contributed by atoms with Crippen LogP contribution in [0, 0.1) is 0 Å². The van der Waals surface area contributed by atoms with E-state index in [1.807, 2.05) is 0 Å². The second kappa shape index (κ2) is 36.4. The number of phosphoric ester groups is 1. The van der Waals surface area contributed by atoms with Gasteiger partial charge in [0.2, 0.25) is 0 Å². The molecule has 0 aromatic heterocycles. The average Bonchev–Trinajstić information content (AvgIpc) is 3.06. The molecule has 0 aliphatic carbocycles. The van der Waals surface area contributed by atoms with E-state index in [1.54, 1.807) is 0 Å². The molecule has 0 saturated carbocycles. The second-order valence-electron chi connectivity index (χ2n) is 15.7. The normalized spacial score (nSPS) is 14.0. The van der Waals surface area contributed by atoms with Crippen LogP contribution >= 0.6 is 7.82 Å². The Morgan fingerprint density at radius 3 is 1.22 bits per heavy atom. The molecule has 296 valence electrons. The molecule has 0 rings (SSSR count). The molecule has 2 atom stereocenters. The van der Waals surface area contributed by atoms with Gasteiger partial charge in [0, 0.05) is 19.6 Å². The number of unbranched alkanes of at least 4 members (excludes halogenated alkanes) is 26. The molecule has 0 amide bonds. The fraction of sp³-hybridized carbons (Fsp3) is 1.00. The van der Waals surface area contributed by atoms with Gasteiger partial charge in [0.1, 0.15) is 6.10 Å². The minimum absolute atomic E-state index is 0.000451. The van der Waals surface area contributed by atoms with E-state index in [0.717, 1.165) is 30.3 Å². The largest absolute Gasteiger partial charge is 0.472 e. The molecule has 8 heteroatoms. The van der Waals surface area contributed by atoms with E-state index in [2.05, 4.69) is 35.0 Å². The first-order valence-corrected chi connectivity index (χ1v) is 22.8. The molecule has 0 aliphatic rings. The predicted octanol–water partition coefficient (Wildman–Crippen LogP) is 12.6. The third-order valence-electron chi connectivity index (χ3n) is 9.45. The van der Waals surface area contributed by atoms with Crippen molar-refractivity contribution in [2.75, 3.05) is 60.7 Å². The van der Waals surface area contributed by atoms with Gasteiger partial charge in [-0.25, -0.2) is 4.57 Å². The van der Waals surface area contributed by atoms with Crippen LogP contribution in [-0.4, -0.2) is 76.2 Å². The molecule has 0 heterocycles. The summed E-state index contributed by atoms with van der Waals surface area (Å²) < 4.78 is 35.9. The maximum Gasteiger partial charge on any atom is 0.472 e. The number of nitrogens with zero attached hydrogens (tertiary/aromatic N) is 1. The summed E-state index contributed by atoms with van der Waals surface area (Å²) in [6.07, 6.45) is 37.6. The van der Waals surface area contributed by atoms with Gasteiger partial charge >= 0.3 is 7.82 Å². The predicted molar refractivity (Wildman–Crippen MR) is 210 cm³/mol. The maximum absolute atomic E-state index is 12.5. The van der Waals surface area contributed by atoms with Crippen LogP contribution in [0.2, 0.25) is 0 Å². The number of hydrogen-bond acceptors (Lipinski definition) is 5. The van der Waals surface area contributed by atoms with Crippen LogP contribution in [0.3, 0.4) is 0 Å². The summed E-state index contributed by atoms with van der Waals surface area (Å²) in [7, 11) is 2.15. The first kappa shape index (κ1) is 49.0. The lowest BCUT2D eigenvalue weighted by atomic mass is 10.0. The summed E-state index contributed by atoms with van der Waals surface area (Å²) in [5.41, 5.74) is 0. The summed E-state index contributed by atoms with van der Waals surface area (Å²) in [5.74, 6) is 0. The Kier molecular flexibility index (Phi) is 36.3. The molecular formula is C41H87NO6P+. The van der Waals surface area contributed by atoms with E-state index in [9.17, 15) is 9.46 Å². The fourth-order valence-electron chi connectivity index (χ4n) is 6.24. The summed E-state index contributed by atoms with van der Waals surface area (Å²) in [5, 5.41) is 0. The Balaban J connectivity index is 4.11. The monoisotopic (exact) mass is 721 g/mol. The van der Waals surface area contributed by atoms with Crippen LogP contribution in [0.4, 0.5) is 0 Å². The Bertz CT molecular complexity index is 704. The van der Waals surface area contributed by atoms with E-state index in [4.69, 9.17) is 18.5 Å². The molecule has 0 saturated heterocycles. The number of ether oxygens (including phenoxy) is 2. The standard InChI is InChI=1S/C41H86NO6P/c1-6-8-10-12-14-16-18-20-22-24-26-28-30-32-36-45-39-41(40-48-49(43,44)47-38-34-35-42(3,4)5)46-37-33-31-29-27-25-23-21-19-17-15-13-11-9-7-2/h41H,6-40H2,1-5H3/p+1. The first-order chi connectivity index (χ1) is 23.7. The van der Waals surface area contributed by atoms with E-state index >= 15 is 0 Å². The van der Waals surface area contributed by atoms with Gasteiger partial charge in [-0.05, 0) is 12.8 Å². The number of rotatable bonds is 41. The van der Waals surface area contributed by atoms with Crippen molar-refractivity contribution in [2.45, 2.75) is 206 Å². The molecule has 7 nitrogen and oxygen atoms in total. The molecule has 0 fully saturated rings. The van der Waals surface area contributed by atoms with Gasteiger partial charge < -0.3 is 18.9 Å². The summed E-state index contributed by atoms with van der Waals surface area (Å²) in [6.45, 7) is 7.30. The van der Waals surface area contributed by atoms with Crippen molar-refractivity contribution >= 4 is 7.82 Å². The van der Waals surface area contributed by atoms with E-state index < -0.39 is 7.82 Å². The average molecular weight is 721 g/mol. The Morgan fingerprint density at radius 2 is 0.837 bits per heavy atom. The van der Waals surface area contributed by atoms with E-state index in [-0.39, 0.29) is 19.3 Å². The van der Waals surface area contributed by atoms with Crippen molar-refractivity contribution in [2.24, 2.45) is 0 Å². The van der Waals surface area contributed by atoms with Crippen LogP contribution < -0.4 is 0 Å². The zero-order chi connectivity index (χ0) is 36.2. The lowest BCUT2D eigenvalue weighted by Gasteiger charge is -2.24. The fourth-order valence-corrected chi connectivity index (χ4v) is 7.03. The molecule has 0 aromatic carbocycles. The van der Waals surface area contributed by atoms with Crippen molar-refractivity contribution in [1.29, 1.82) is 0 Å². The lowest BCUT2D eigenvalue weighted by molar-refractivity contribution is -0.870. The van der Waals surface area contributed by atoms with Crippen molar-refractivity contribution in [1.82, 2.24) is 0 Å². The van der Waals surface area contributed by atoms with Gasteiger partial charge in [-0.15, -0.1) is 0 Å².